The summed E-state index contributed by atoms with van der Waals surface area (Å²) in [5.74, 6) is 1.96. The summed E-state index contributed by atoms with van der Waals surface area (Å²) >= 11 is 0. The molecule has 2 heterocycles. The summed E-state index contributed by atoms with van der Waals surface area (Å²) in [6.45, 7) is 5.11. The number of aryl methyl sites for hydroxylation is 1. The van der Waals surface area contributed by atoms with Crippen LogP contribution in [0.1, 0.15) is 35.6 Å². The highest BCUT2D eigenvalue weighted by molar-refractivity contribution is 5.92. The maximum absolute atomic E-state index is 12.3. The first-order valence-electron chi connectivity index (χ1n) is 8.22. The predicted molar refractivity (Wildman–Crippen MR) is 90.4 cm³/mol. The van der Waals surface area contributed by atoms with Gasteiger partial charge in [-0.1, -0.05) is 19.9 Å². The van der Waals surface area contributed by atoms with Crippen molar-refractivity contribution in [2.45, 2.75) is 26.7 Å². The fourth-order valence-corrected chi connectivity index (χ4v) is 2.76. The molecule has 0 saturated carbocycles. The van der Waals surface area contributed by atoms with Crippen LogP contribution in [0.5, 0.6) is 11.5 Å². The van der Waals surface area contributed by atoms with Crippen LogP contribution < -0.4 is 14.8 Å². The van der Waals surface area contributed by atoms with E-state index < -0.39 is 0 Å². The molecule has 0 bridgehead atoms. The van der Waals surface area contributed by atoms with Gasteiger partial charge in [-0.3, -0.25) is 9.48 Å². The van der Waals surface area contributed by atoms with Crippen molar-refractivity contribution < 1.29 is 14.3 Å². The molecule has 6 heteroatoms. The van der Waals surface area contributed by atoms with Gasteiger partial charge in [-0.25, -0.2) is 0 Å². The van der Waals surface area contributed by atoms with Crippen LogP contribution in [0.15, 0.2) is 24.3 Å². The SMILES string of the molecule is CC(C)Cc1cc(C(=O)NCCc2ccc3c(c2)OCO3)n(C)n1. The second-order valence-corrected chi connectivity index (χ2v) is 6.44. The second-order valence-electron chi connectivity index (χ2n) is 6.44. The first-order chi connectivity index (χ1) is 11.5. The monoisotopic (exact) mass is 329 g/mol. The maximum Gasteiger partial charge on any atom is 0.269 e. The highest BCUT2D eigenvalue weighted by Crippen LogP contribution is 2.32. The van der Waals surface area contributed by atoms with Crippen molar-refractivity contribution in [3.8, 4) is 11.5 Å². The number of nitrogens with one attached hydrogen (secondary N) is 1. The zero-order valence-electron chi connectivity index (χ0n) is 14.3. The Morgan fingerprint density at radius 1 is 1.29 bits per heavy atom. The molecular formula is C18H23N3O3. The quantitative estimate of drug-likeness (QED) is 0.883. The van der Waals surface area contributed by atoms with E-state index in [1.165, 1.54) is 0 Å². The van der Waals surface area contributed by atoms with Gasteiger partial charge < -0.3 is 14.8 Å². The Balaban J connectivity index is 1.55. The molecule has 1 aliphatic heterocycles. The fraction of sp³-hybridized carbons (Fsp3) is 0.444. The van der Waals surface area contributed by atoms with E-state index in [9.17, 15) is 4.79 Å². The van der Waals surface area contributed by atoms with E-state index in [-0.39, 0.29) is 12.7 Å². The Labute approximate surface area is 141 Å². The van der Waals surface area contributed by atoms with Crippen LogP contribution in [0.2, 0.25) is 0 Å². The van der Waals surface area contributed by atoms with Crippen LogP contribution in [0.4, 0.5) is 0 Å². The van der Waals surface area contributed by atoms with Crippen LogP contribution in [-0.4, -0.2) is 29.0 Å². The molecule has 24 heavy (non-hydrogen) atoms. The number of carbonyl (C=O) groups is 1. The zero-order valence-corrected chi connectivity index (χ0v) is 14.3. The first-order valence-corrected chi connectivity index (χ1v) is 8.22. The normalized spacial score (nSPS) is 12.7. The molecule has 128 valence electrons. The van der Waals surface area contributed by atoms with Crippen molar-refractivity contribution in [3.63, 3.8) is 0 Å². The summed E-state index contributed by atoms with van der Waals surface area (Å²) in [4.78, 5) is 12.3. The summed E-state index contributed by atoms with van der Waals surface area (Å²) in [5, 5.41) is 7.35. The molecule has 1 aliphatic rings. The van der Waals surface area contributed by atoms with Crippen molar-refractivity contribution in [1.29, 1.82) is 0 Å². The van der Waals surface area contributed by atoms with Gasteiger partial charge in [0.05, 0.1) is 5.69 Å². The van der Waals surface area contributed by atoms with E-state index in [1.807, 2.05) is 24.3 Å². The summed E-state index contributed by atoms with van der Waals surface area (Å²) < 4.78 is 12.3. The molecule has 2 aromatic rings. The number of hydrogen-bond acceptors (Lipinski definition) is 4. The van der Waals surface area contributed by atoms with Gasteiger partial charge in [0.25, 0.3) is 5.91 Å². The molecule has 6 nitrogen and oxygen atoms in total. The van der Waals surface area contributed by atoms with Gasteiger partial charge in [0.15, 0.2) is 11.5 Å². The molecule has 0 radical (unpaired) electrons. The number of fused-ring (bicyclic) bond motifs is 1. The number of ether oxygens (including phenoxy) is 2. The Morgan fingerprint density at radius 3 is 2.88 bits per heavy atom. The molecule has 1 aromatic heterocycles. The van der Waals surface area contributed by atoms with Gasteiger partial charge in [-0.05, 0) is 42.5 Å². The van der Waals surface area contributed by atoms with E-state index >= 15 is 0 Å². The topological polar surface area (TPSA) is 65.4 Å². The Bertz CT molecular complexity index is 737. The van der Waals surface area contributed by atoms with Gasteiger partial charge in [0, 0.05) is 13.6 Å². The minimum Gasteiger partial charge on any atom is -0.454 e. The second kappa shape index (κ2) is 6.95. The lowest BCUT2D eigenvalue weighted by atomic mass is 10.1. The van der Waals surface area contributed by atoms with Crippen LogP contribution in [0.25, 0.3) is 0 Å². The number of benzene rings is 1. The molecular weight excluding hydrogens is 306 g/mol. The number of aromatic nitrogens is 2. The van der Waals surface area contributed by atoms with Gasteiger partial charge in [-0.2, -0.15) is 5.10 Å². The number of amides is 1. The summed E-state index contributed by atoms with van der Waals surface area (Å²) in [6.07, 6.45) is 1.61. The van der Waals surface area contributed by atoms with Crippen molar-refractivity contribution in [3.05, 3.63) is 41.2 Å². The molecule has 0 spiro atoms. The summed E-state index contributed by atoms with van der Waals surface area (Å²) in [5.41, 5.74) is 2.65. The molecule has 1 N–H and O–H groups in total. The van der Waals surface area contributed by atoms with E-state index in [2.05, 4.69) is 24.3 Å². The number of carbonyl (C=O) groups excluding carboxylic acids is 1. The highest BCUT2D eigenvalue weighted by Gasteiger charge is 2.15. The van der Waals surface area contributed by atoms with Crippen LogP contribution in [0, 0.1) is 5.92 Å². The molecule has 1 aromatic carbocycles. The Hall–Kier alpha value is -2.50. The third kappa shape index (κ3) is 3.69. The molecule has 3 rings (SSSR count). The molecule has 0 saturated heterocycles. The zero-order chi connectivity index (χ0) is 17.1. The molecule has 0 unspecified atom stereocenters. The summed E-state index contributed by atoms with van der Waals surface area (Å²) in [7, 11) is 1.80. The lowest BCUT2D eigenvalue weighted by Gasteiger charge is -2.06. The van der Waals surface area contributed by atoms with Crippen LogP contribution in [-0.2, 0) is 19.9 Å². The number of hydrogen-bond donors (Lipinski definition) is 1. The molecule has 0 atom stereocenters. The number of nitrogens with zero attached hydrogens (tertiary/aromatic N) is 2. The van der Waals surface area contributed by atoms with Crippen molar-refractivity contribution in [1.82, 2.24) is 15.1 Å². The summed E-state index contributed by atoms with van der Waals surface area (Å²) in [6, 6.07) is 7.72. The minimum atomic E-state index is -0.0965. The Morgan fingerprint density at radius 2 is 2.08 bits per heavy atom. The molecule has 0 aliphatic carbocycles. The highest BCUT2D eigenvalue weighted by atomic mass is 16.7. The fourth-order valence-electron chi connectivity index (χ4n) is 2.76. The van der Waals surface area contributed by atoms with E-state index in [4.69, 9.17) is 9.47 Å². The third-order valence-electron chi connectivity index (χ3n) is 3.92. The van der Waals surface area contributed by atoms with Crippen molar-refractivity contribution in [2.24, 2.45) is 13.0 Å². The number of rotatable bonds is 6. The van der Waals surface area contributed by atoms with Gasteiger partial charge >= 0.3 is 0 Å². The van der Waals surface area contributed by atoms with Gasteiger partial charge in [0.1, 0.15) is 5.69 Å². The van der Waals surface area contributed by atoms with E-state index in [1.54, 1.807) is 11.7 Å². The molecule has 1 amide bonds. The van der Waals surface area contributed by atoms with Crippen LogP contribution >= 0.6 is 0 Å². The molecule has 0 fully saturated rings. The average molecular weight is 329 g/mol. The predicted octanol–water partition coefficient (Wildman–Crippen LogP) is 2.32. The van der Waals surface area contributed by atoms with Crippen molar-refractivity contribution in [2.75, 3.05) is 13.3 Å². The van der Waals surface area contributed by atoms with Gasteiger partial charge in [0.2, 0.25) is 6.79 Å². The van der Waals surface area contributed by atoms with E-state index in [0.717, 1.165) is 35.6 Å². The Kier molecular flexibility index (Phi) is 4.74. The average Bonchev–Trinajstić information content (AvgIpc) is 3.12. The van der Waals surface area contributed by atoms with Crippen LogP contribution in [0.3, 0.4) is 0 Å². The maximum atomic E-state index is 12.3. The lowest BCUT2D eigenvalue weighted by molar-refractivity contribution is 0.0944. The van der Waals surface area contributed by atoms with E-state index in [0.29, 0.717) is 18.2 Å². The first kappa shape index (κ1) is 16.4. The minimum absolute atomic E-state index is 0.0965. The lowest BCUT2D eigenvalue weighted by Crippen LogP contribution is -2.27. The standard InChI is InChI=1S/C18H23N3O3/c1-12(2)8-14-10-15(21(3)20-14)18(22)19-7-6-13-4-5-16-17(9-13)24-11-23-16/h4-5,9-10,12H,6-8,11H2,1-3H3,(H,19,22). The third-order valence-corrected chi connectivity index (χ3v) is 3.92. The smallest absolute Gasteiger partial charge is 0.269 e. The largest absolute Gasteiger partial charge is 0.454 e. The van der Waals surface area contributed by atoms with Gasteiger partial charge in [-0.15, -0.1) is 0 Å². The van der Waals surface area contributed by atoms with Crippen molar-refractivity contribution >= 4 is 5.91 Å².